The van der Waals surface area contributed by atoms with Gasteiger partial charge in [-0.3, -0.25) is 0 Å². The molecule has 1 aliphatic rings. The Morgan fingerprint density at radius 3 is 2.67 bits per heavy atom. The number of nitrogens with one attached hydrogen (secondary N) is 1. The maximum absolute atomic E-state index is 13.8. The molecule has 0 saturated carbocycles. The van der Waals surface area contributed by atoms with Gasteiger partial charge in [-0.15, -0.1) is 0 Å². The van der Waals surface area contributed by atoms with Crippen molar-refractivity contribution in [2.45, 2.75) is 43.4 Å². The average molecular weight is 320 g/mol. The zero-order chi connectivity index (χ0) is 15.8. The van der Waals surface area contributed by atoms with Crippen LogP contribution in [0.2, 0.25) is 0 Å². The number of hydrogen-bond donors (Lipinski definition) is 2. The van der Waals surface area contributed by atoms with Crippen molar-refractivity contribution in [3.8, 4) is 0 Å². The van der Waals surface area contributed by atoms with Crippen molar-refractivity contribution in [2.24, 2.45) is 5.73 Å². The molecular weight excluding hydrogens is 302 g/mol. The molecule has 8 heteroatoms. The second-order valence-electron chi connectivity index (χ2n) is 5.38. The number of benzene rings is 1. The molecule has 0 aromatic heterocycles. The van der Waals surface area contributed by atoms with E-state index in [-0.39, 0.29) is 18.2 Å². The molecule has 1 saturated heterocycles. The molecule has 0 amide bonds. The topological polar surface area (TPSA) is 81.4 Å². The van der Waals surface area contributed by atoms with Gasteiger partial charge in [0.2, 0.25) is 10.0 Å². The molecule has 5 nitrogen and oxygen atoms in total. The lowest BCUT2D eigenvalue weighted by Crippen LogP contribution is -2.50. The predicted molar refractivity (Wildman–Crippen MR) is 73.0 cm³/mol. The third kappa shape index (κ3) is 3.08. The van der Waals surface area contributed by atoms with Gasteiger partial charge in [0.15, 0.2) is 11.6 Å². The van der Waals surface area contributed by atoms with Gasteiger partial charge in [-0.2, -0.15) is 0 Å². The van der Waals surface area contributed by atoms with Gasteiger partial charge < -0.3 is 10.5 Å². The number of halogens is 2. The van der Waals surface area contributed by atoms with Crippen molar-refractivity contribution in [1.29, 1.82) is 0 Å². The fourth-order valence-electron chi connectivity index (χ4n) is 2.26. The summed E-state index contributed by atoms with van der Waals surface area (Å²) in [6.45, 7) is 3.71. The molecule has 1 fully saturated rings. The number of rotatable bonds is 4. The van der Waals surface area contributed by atoms with Crippen molar-refractivity contribution in [2.75, 3.05) is 6.61 Å². The van der Waals surface area contributed by atoms with E-state index in [1.165, 1.54) is 0 Å². The third-order valence-electron chi connectivity index (χ3n) is 3.83. The maximum atomic E-state index is 13.8. The van der Waals surface area contributed by atoms with E-state index in [0.29, 0.717) is 13.0 Å². The van der Waals surface area contributed by atoms with Crippen LogP contribution in [0.15, 0.2) is 17.0 Å². The lowest BCUT2D eigenvalue weighted by atomic mass is 9.97. The van der Waals surface area contributed by atoms with Crippen LogP contribution in [0, 0.1) is 11.6 Å². The van der Waals surface area contributed by atoms with E-state index in [2.05, 4.69) is 4.72 Å². The summed E-state index contributed by atoms with van der Waals surface area (Å²) in [6, 6.07) is 1.93. The van der Waals surface area contributed by atoms with E-state index in [0.717, 1.165) is 12.1 Å². The molecule has 1 aromatic rings. The molecule has 21 heavy (non-hydrogen) atoms. The zero-order valence-electron chi connectivity index (χ0n) is 11.8. The molecular formula is C13H18F2N2O3S. The van der Waals surface area contributed by atoms with Crippen LogP contribution in [0.3, 0.4) is 0 Å². The third-order valence-corrected chi connectivity index (χ3v) is 5.44. The van der Waals surface area contributed by atoms with Crippen LogP contribution in [0.25, 0.3) is 0 Å². The summed E-state index contributed by atoms with van der Waals surface area (Å²) in [5.74, 6) is -2.64. The molecule has 3 N–H and O–H groups in total. The van der Waals surface area contributed by atoms with Gasteiger partial charge in [-0.25, -0.2) is 21.9 Å². The lowest BCUT2D eigenvalue weighted by molar-refractivity contribution is 0.0957. The number of sulfonamides is 1. The quantitative estimate of drug-likeness (QED) is 0.875. The fraction of sp³-hybridized carbons (Fsp3) is 0.538. The Bertz CT molecular complexity index is 651. The second kappa shape index (κ2) is 5.60. The summed E-state index contributed by atoms with van der Waals surface area (Å²) in [5, 5.41) is 0. The second-order valence-corrected chi connectivity index (χ2v) is 7.03. The van der Waals surface area contributed by atoms with Crippen LogP contribution in [0.5, 0.6) is 0 Å². The molecule has 1 heterocycles. The summed E-state index contributed by atoms with van der Waals surface area (Å²) in [4.78, 5) is -0.733. The Labute approximate surface area is 122 Å². The SMILES string of the molecule is CC1OCCC1(C)NS(=O)(=O)c1cc(CN)cc(F)c1F. The Hall–Kier alpha value is -1.09. The smallest absolute Gasteiger partial charge is 0.244 e. The van der Waals surface area contributed by atoms with Crippen LogP contribution in [-0.4, -0.2) is 26.7 Å². The lowest BCUT2D eigenvalue weighted by Gasteiger charge is -2.28. The van der Waals surface area contributed by atoms with E-state index in [4.69, 9.17) is 10.5 Å². The van der Waals surface area contributed by atoms with Crippen molar-refractivity contribution < 1.29 is 21.9 Å². The monoisotopic (exact) mass is 320 g/mol. The van der Waals surface area contributed by atoms with Gasteiger partial charge in [0.05, 0.1) is 11.6 Å². The molecule has 2 rings (SSSR count). The molecule has 2 atom stereocenters. The zero-order valence-corrected chi connectivity index (χ0v) is 12.6. The number of hydrogen-bond acceptors (Lipinski definition) is 4. The standard InChI is InChI=1S/C13H18F2N2O3S/c1-8-13(2,3-4-20-8)17-21(18,19)11-6-9(7-16)5-10(14)12(11)15/h5-6,8,17H,3-4,7,16H2,1-2H3. The average Bonchev–Trinajstić information content (AvgIpc) is 2.71. The van der Waals surface area contributed by atoms with Crippen molar-refractivity contribution >= 4 is 10.0 Å². The summed E-state index contributed by atoms with van der Waals surface area (Å²) < 4.78 is 59.8. The summed E-state index contributed by atoms with van der Waals surface area (Å²) in [6.07, 6.45) is 0.0894. The van der Waals surface area contributed by atoms with Crippen LogP contribution in [0.4, 0.5) is 8.78 Å². The van der Waals surface area contributed by atoms with Gasteiger partial charge in [0.25, 0.3) is 0 Å². The van der Waals surface area contributed by atoms with E-state index in [9.17, 15) is 17.2 Å². The molecule has 118 valence electrons. The van der Waals surface area contributed by atoms with Crippen LogP contribution >= 0.6 is 0 Å². The van der Waals surface area contributed by atoms with Crippen molar-refractivity contribution in [3.05, 3.63) is 29.3 Å². The number of nitrogens with two attached hydrogens (primary N) is 1. The largest absolute Gasteiger partial charge is 0.376 e. The van der Waals surface area contributed by atoms with Gasteiger partial charge in [0.1, 0.15) is 4.90 Å². The molecule has 1 aromatic carbocycles. The fourth-order valence-corrected chi connectivity index (χ4v) is 3.89. The highest BCUT2D eigenvalue weighted by atomic mass is 32.2. The first-order chi connectivity index (χ1) is 9.69. The van der Waals surface area contributed by atoms with Crippen LogP contribution in [0.1, 0.15) is 25.8 Å². The minimum atomic E-state index is -4.22. The van der Waals surface area contributed by atoms with Crippen molar-refractivity contribution in [3.63, 3.8) is 0 Å². The van der Waals surface area contributed by atoms with Crippen LogP contribution < -0.4 is 10.5 Å². The highest BCUT2D eigenvalue weighted by molar-refractivity contribution is 7.89. The minimum absolute atomic E-state index is 0.0868. The predicted octanol–water partition coefficient (Wildman–Crippen LogP) is 1.27. The molecule has 0 bridgehead atoms. The normalized spacial score (nSPS) is 26.2. The minimum Gasteiger partial charge on any atom is -0.376 e. The van der Waals surface area contributed by atoms with E-state index in [1.807, 2.05) is 0 Å². The summed E-state index contributed by atoms with van der Waals surface area (Å²) >= 11 is 0. The summed E-state index contributed by atoms with van der Waals surface area (Å²) in [5.41, 5.74) is 4.71. The first kappa shape index (κ1) is 16.3. The highest BCUT2D eigenvalue weighted by Crippen LogP contribution is 2.28. The first-order valence-corrected chi connectivity index (χ1v) is 8.01. The molecule has 2 unspecified atom stereocenters. The van der Waals surface area contributed by atoms with Gasteiger partial charge in [-0.1, -0.05) is 0 Å². The molecule has 0 aliphatic carbocycles. The summed E-state index contributed by atoms with van der Waals surface area (Å²) in [7, 11) is -4.22. The van der Waals surface area contributed by atoms with Crippen LogP contribution in [-0.2, 0) is 21.3 Å². The Balaban J connectivity index is 2.43. The molecule has 0 radical (unpaired) electrons. The molecule has 0 spiro atoms. The Morgan fingerprint density at radius 2 is 2.14 bits per heavy atom. The van der Waals surface area contributed by atoms with Gasteiger partial charge in [0, 0.05) is 13.2 Å². The van der Waals surface area contributed by atoms with E-state index >= 15 is 0 Å². The maximum Gasteiger partial charge on any atom is 0.244 e. The first-order valence-electron chi connectivity index (χ1n) is 6.53. The molecule has 1 aliphatic heterocycles. The van der Waals surface area contributed by atoms with Crippen molar-refractivity contribution in [1.82, 2.24) is 4.72 Å². The van der Waals surface area contributed by atoms with Gasteiger partial charge in [-0.05, 0) is 38.0 Å². The van der Waals surface area contributed by atoms with Gasteiger partial charge >= 0.3 is 0 Å². The Morgan fingerprint density at radius 1 is 1.48 bits per heavy atom. The number of ether oxygens (including phenoxy) is 1. The van der Waals surface area contributed by atoms with E-state index < -0.39 is 32.1 Å². The highest BCUT2D eigenvalue weighted by Gasteiger charge is 2.41. The Kier molecular flexibility index (Phi) is 4.34. The van der Waals surface area contributed by atoms with E-state index in [1.54, 1.807) is 13.8 Å².